The Kier molecular flexibility index (Phi) is 4.23. The smallest absolute Gasteiger partial charge is 0.408 e. The molecule has 108 valence electrons. The van der Waals surface area contributed by atoms with Crippen molar-refractivity contribution in [2.75, 3.05) is 11.9 Å². The number of alkyl halides is 3. The van der Waals surface area contributed by atoms with Gasteiger partial charge in [0.05, 0.1) is 5.56 Å². The topological polar surface area (TPSA) is 77.0 Å². The molecule has 2 rings (SSSR count). The van der Waals surface area contributed by atoms with Crippen LogP contribution >= 0.6 is 0 Å². The number of nitrogens with one attached hydrogen (secondary N) is 1. The van der Waals surface area contributed by atoms with Gasteiger partial charge in [-0.05, 0) is 11.6 Å². The highest BCUT2D eigenvalue weighted by Gasteiger charge is 2.32. The van der Waals surface area contributed by atoms with E-state index in [4.69, 9.17) is 10.2 Å². The van der Waals surface area contributed by atoms with Crippen LogP contribution in [0.25, 0.3) is 0 Å². The molecule has 0 unspecified atom stereocenters. The summed E-state index contributed by atoms with van der Waals surface area (Å²) < 4.78 is 43.5. The molecule has 0 aliphatic rings. The maximum atomic E-state index is 12.8. The van der Waals surface area contributed by atoms with E-state index in [0.29, 0.717) is 18.9 Å². The van der Waals surface area contributed by atoms with E-state index in [-0.39, 0.29) is 18.1 Å². The molecular formula is C12H13F3N4O. The summed E-state index contributed by atoms with van der Waals surface area (Å²) in [4.78, 5) is 0. The fourth-order valence-corrected chi connectivity index (χ4v) is 1.67. The zero-order chi connectivity index (χ0) is 14.6. The quantitative estimate of drug-likeness (QED) is 0.881. The van der Waals surface area contributed by atoms with Gasteiger partial charge in [-0.1, -0.05) is 23.3 Å². The Bertz CT molecular complexity index is 568. The molecule has 20 heavy (non-hydrogen) atoms. The number of anilines is 1. The van der Waals surface area contributed by atoms with Crippen molar-refractivity contribution >= 4 is 6.01 Å². The third kappa shape index (κ3) is 3.47. The molecule has 5 nitrogen and oxygen atoms in total. The summed E-state index contributed by atoms with van der Waals surface area (Å²) >= 11 is 0. The minimum Gasteiger partial charge on any atom is -0.408 e. The first-order valence-corrected chi connectivity index (χ1v) is 5.92. The lowest BCUT2D eigenvalue weighted by atomic mass is 10.1. The van der Waals surface area contributed by atoms with E-state index in [2.05, 4.69) is 15.5 Å². The zero-order valence-corrected chi connectivity index (χ0v) is 10.4. The average Bonchev–Trinajstić information content (AvgIpc) is 2.84. The van der Waals surface area contributed by atoms with Gasteiger partial charge in [0, 0.05) is 19.5 Å². The van der Waals surface area contributed by atoms with Crippen LogP contribution in [0.3, 0.4) is 0 Å². The molecule has 0 aliphatic heterocycles. The van der Waals surface area contributed by atoms with Crippen LogP contribution in [0.2, 0.25) is 0 Å². The second-order valence-corrected chi connectivity index (χ2v) is 4.05. The number of nitrogens with two attached hydrogens (primary N) is 1. The number of benzene rings is 1. The van der Waals surface area contributed by atoms with Gasteiger partial charge in [-0.2, -0.15) is 13.2 Å². The zero-order valence-electron chi connectivity index (χ0n) is 10.4. The second-order valence-electron chi connectivity index (χ2n) is 4.05. The molecular weight excluding hydrogens is 273 g/mol. The number of nitrogens with zero attached hydrogens (tertiary/aromatic N) is 2. The van der Waals surface area contributed by atoms with Crippen LogP contribution in [0.1, 0.15) is 17.0 Å². The van der Waals surface area contributed by atoms with Crippen molar-refractivity contribution in [1.29, 1.82) is 0 Å². The van der Waals surface area contributed by atoms with Crippen LogP contribution in [-0.2, 0) is 19.1 Å². The first-order valence-electron chi connectivity index (χ1n) is 5.92. The van der Waals surface area contributed by atoms with E-state index in [0.717, 1.165) is 6.07 Å². The van der Waals surface area contributed by atoms with E-state index in [9.17, 15) is 13.2 Å². The standard InChI is InChI=1S/C12H13F3N4O/c13-12(14,15)9-4-2-1-3-8(9)7-17-11-19-18-10(20-11)5-6-16/h1-4H,5-7,16H2,(H,17,19). The highest BCUT2D eigenvalue weighted by atomic mass is 19.4. The number of aromatic nitrogens is 2. The molecule has 1 heterocycles. The summed E-state index contributed by atoms with van der Waals surface area (Å²) in [5.74, 6) is 0.346. The number of hydrogen-bond donors (Lipinski definition) is 2. The Morgan fingerprint density at radius 1 is 1.20 bits per heavy atom. The van der Waals surface area contributed by atoms with E-state index >= 15 is 0 Å². The SMILES string of the molecule is NCCc1nnc(NCc2ccccc2C(F)(F)F)o1. The molecule has 1 aromatic carbocycles. The molecule has 1 aromatic heterocycles. The van der Waals surface area contributed by atoms with Crippen LogP contribution < -0.4 is 11.1 Å². The van der Waals surface area contributed by atoms with Gasteiger partial charge in [0.25, 0.3) is 0 Å². The summed E-state index contributed by atoms with van der Waals surface area (Å²) in [6.45, 7) is 0.304. The van der Waals surface area contributed by atoms with E-state index < -0.39 is 11.7 Å². The molecule has 0 radical (unpaired) electrons. The maximum Gasteiger partial charge on any atom is 0.416 e. The fraction of sp³-hybridized carbons (Fsp3) is 0.333. The van der Waals surface area contributed by atoms with Crippen molar-refractivity contribution in [2.24, 2.45) is 5.73 Å². The van der Waals surface area contributed by atoms with Gasteiger partial charge >= 0.3 is 12.2 Å². The van der Waals surface area contributed by atoms with Crippen molar-refractivity contribution < 1.29 is 17.6 Å². The van der Waals surface area contributed by atoms with E-state index in [1.165, 1.54) is 12.1 Å². The summed E-state index contributed by atoms with van der Waals surface area (Å²) in [5.41, 5.74) is 4.75. The molecule has 0 atom stereocenters. The summed E-state index contributed by atoms with van der Waals surface area (Å²) in [6, 6.07) is 5.39. The van der Waals surface area contributed by atoms with Crippen LogP contribution in [-0.4, -0.2) is 16.7 Å². The van der Waals surface area contributed by atoms with E-state index in [1.807, 2.05) is 0 Å². The number of hydrogen-bond acceptors (Lipinski definition) is 5. The normalized spacial score (nSPS) is 11.6. The molecule has 0 amide bonds. The maximum absolute atomic E-state index is 12.8. The third-order valence-electron chi connectivity index (χ3n) is 2.58. The first-order chi connectivity index (χ1) is 9.50. The molecule has 0 saturated carbocycles. The molecule has 0 aliphatic carbocycles. The highest BCUT2D eigenvalue weighted by Crippen LogP contribution is 2.32. The Morgan fingerprint density at radius 3 is 2.65 bits per heavy atom. The van der Waals surface area contributed by atoms with Crippen molar-refractivity contribution in [3.8, 4) is 0 Å². The largest absolute Gasteiger partial charge is 0.416 e. The van der Waals surface area contributed by atoms with Gasteiger partial charge in [0.1, 0.15) is 0 Å². The highest BCUT2D eigenvalue weighted by molar-refractivity contribution is 5.32. The molecule has 0 fully saturated rings. The average molecular weight is 286 g/mol. The summed E-state index contributed by atoms with van der Waals surface area (Å²) in [5, 5.41) is 10.1. The Morgan fingerprint density at radius 2 is 1.95 bits per heavy atom. The van der Waals surface area contributed by atoms with Crippen LogP contribution in [0.5, 0.6) is 0 Å². The summed E-state index contributed by atoms with van der Waals surface area (Å²) in [7, 11) is 0. The number of halogens is 3. The van der Waals surface area contributed by atoms with Gasteiger partial charge in [0.2, 0.25) is 5.89 Å². The van der Waals surface area contributed by atoms with Gasteiger partial charge in [-0.3, -0.25) is 0 Å². The predicted molar refractivity (Wildman–Crippen MR) is 65.8 cm³/mol. The first kappa shape index (κ1) is 14.3. The molecule has 3 N–H and O–H groups in total. The molecule has 0 saturated heterocycles. The lowest BCUT2D eigenvalue weighted by Crippen LogP contribution is -2.11. The molecule has 0 bridgehead atoms. The van der Waals surface area contributed by atoms with Crippen molar-refractivity contribution in [3.05, 3.63) is 41.3 Å². The molecule has 2 aromatic rings. The van der Waals surface area contributed by atoms with Gasteiger partial charge < -0.3 is 15.5 Å². The van der Waals surface area contributed by atoms with Crippen LogP contribution in [0.15, 0.2) is 28.7 Å². The van der Waals surface area contributed by atoms with Crippen molar-refractivity contribution in [2.45, 2.75) is 19.1 Å². The molecule has 8 heteroatoms. The monoisotopic (exact) mass is 286 g/mol. The lowest BCUT2D eigenvalue weighted by Gasteiger charge is -2.12. The summed E-state index contributed by atoms with van der Waals surface area (Å²) in [6.07, 6.45) is -3.97. The lowest BCUT2D eigenvalue weighted by molar-refractivity contribution is -0.138. The van der Waals surface area contributed by atoms with E-state index in [1.54, 1.807) is 6.07 Å². The van der Waals surface area contributed by atoms with Crippen molar-refractivity contribution in [3.63, 3.8) is 0 Å². The molecule has 0 spiro atoms. The fourth-order valence-electron chi connectivity index (χ4n) is 1.67. The predicted octanol–water partition coefficient (Wildman–Crippen LogP) is 2.20. The Hall–Kier alpha value is -2.09. The Labute approximate surface area is 113 Å². The van der Waals surface area contributed by atoms with Crippen LogP contribution in [0, 0.1) is 0 Å². The second kappa shape index (κ2) is 5.91. The number of rotatable bonds is 5. The minimum atomic E-state index is -4.39. The van der Waals surface area contributed by atoms with Gasteiger partial charge in [-0.15, -0.1) is 5.10 Å². The van der Waals surface area contributed by atoms with Crippen molar-refractivity contribution in [1.82, 2.24) is 10.2 Å². The van der Waals surface area contributed by atoms with Gasteiger partial charge in [-0.25, -0.2) is 0 Å². The third-order valence-corrected chi connectivity index (χ3v) is 2.58. The van der Waals surface area contributed by atoms with Crippen LogP contribution in [0.4, 0.5) is 19.2 Å². The minimum absolute atomic E-state index is 0.0556. The van der Waals surface area contributed by atoms with Gasteiger partial charge in [0.15, 0.2) is 0 Å². The Balaban J connectivity index is 2.07.